The lowest BCUT2D eigenvalue weighted by Crippen LogP contribution is -1.91. The van der Waals surface area contributed by atoms with Crippen molar-refractivity contribution in [2.45, 2.75) is 0 Å². The molecule has 0 aliphatic rings. The van der Waals surface area contributed by atoms with Crippen molar-refractivity contribution in [2.75, 3.05) is 0 Å². The maximum absolute atomic E-state index is 13.9. The van der Waals surface area contributed by atoms with Crippen LogP contribution in [-0.4, -0.2) is 4.98 Å². The fourth-order valence-corrected chi connectivity index (χ4v) is 1.90. The molecule has 1 heterocycles. The predicted molar refractivity (Wildman–Crippen MR) is 67.1 cm³/mol. The summed E-state index contributed by atoms with van der Waals surface area (Å²) in [4.78, 5) is 4.28. The molecule has 3 heteroatoms. The van der Waals surface area contributed by atoms with Crippen molar-refractivity contribution in [3.05, 3.63) is 66.2 Å². The fourth-order valence-electron chi connectivity index (χ4n) is 1.90. The minimum Gasteiger partial charge on any atom is -0.245 e. The first-order valence-electron chi connectivity index (χ1n) is 5.55. The first kappa shape index (κ1) is 10.8. The minimum atomic E-state index is -0.402. The molecule has 0 saturated heterocycles. The monoisotopic (exact) mass is 241 g/mol. The summed E-state index contributed by atoms with van der Waals surface area (Å²) in [5, 5.41) is 0.751. The van der Waals surface area contributed by atoms with Crippen LogP contribution in [0.1, 0.15) is 0 Å². The smallest absolute Gasteiger partial charge is 0.150 e. The van der Waals surface area contributed by atoms with Crippen LogP contribution in [0, 0.1) is 11.6 Å². The van der Waals surface area contributed by atoms with Gasteiger partial charge in [-0.15, -0.1) is 0 Å². The molecule has 1 aromatic heterocycles. The van der Waals surface area contributed by atoms with Crippen molar-refractivity contribution in [2.24, 2.45) is 0 Å². The van der Waals surface area contributed by atoms with E-state index in [1.54, 1.807) is 6.07 Å². The molecule has 0 atom stereocenters. The first-order valence-corrected chi connectivity index (χ1v) is 5.55. The van der Waals surface area contributed by atoms with Crippen molar-refractivity contribution in [1.82, 2.24) is 4.98 Å². The van der Waals surface area contributed by atoms with E-state index in [9.17, 15) is 8.78 Å². The number of halogens is 2. The number of aromatic nitrogens is 1. The van der Waals surface area contributed by atoms with Gasteiger partial charge in [-0.1, -0.05) is 18.2 Å². The highest BCUT2D eigenvalue weighted by Crippen LogP contribution is 2.24. The molecule has 0 aliphatic carbocycles. The molecule has 0 spiro atoms. The third kappa shape index (κ3) is 1.84. The topological polar surface area (TPSA) is 12.9 Å². The molecule has 2 aromatic carbocycles. The summed E-state index contributed by atoms with van der Waals surface area (Å²) in [6, 6.07) is 14.4. The summed E-state index contributed by atoms with van der Waals surface area (Å²) in [7, 11) is 0. The van der Waals surface area contributed by atoms with Crippen LogP contribution in [0.3, 0.4) is 0 Å². The highest BCUT2D eigenvalue weighted by atomic mass is 19.1. The second-order valence-electron chi connectivity index (χ2n) is 4.02. The predicted octanol–water partition coefficient (Wildman–Crippen LogP) is 4.18. The molecule has 0 fully saturated rings. The molecule has 18 heavy (non-hydrogen) atoms. The highest BCUT2D eigenvalue weighted by Gasteiger charge is 2.08. The zero-order valence-electron chi connectivity index (χ0n) is 9.40. The Kier molecular flexibility index (Phi) is 2.52. The lowest BCUT2D eigenvalue weighted by Gasteiger charge is -2.05. The largest absolute Gasteiger partial charge is 0.245 e. The van der Waals surface area contributed by atoms with E-state index in [1.807, 2.05) is 18.2 Å². The molecule has 0 bridgehead atoms. The van der Waals surface area contributed by atoms with E-state index in [1.165, 1.54) is 30.3 Å². The molecular formula is C15H9F2N. The fraction of sp³-hybridized carbons (Fsp3) is 0. The van der Waals surface area contributed by atoms with Gasteiger partial charge in [-0.25, -0.2) is 13.8 Å². The number of para-hydroxylation sites is 1. The second-order valence-corrected chi connectivity index (χ2v) is 4.02. The molecule has 0 amide bonds. The van der Waals surface area contributed by atoms with Gasteiger partial charge < -0.3 is 0 Å². The number of rotatable bonds is 1. The molecule has 3 aromatic rings. The van der Waals surface area contributed by atoms with Gasteiger partial charge in [0.15, 0.2) is 0 Å². The Balaban J connectivity index is 2.22. The lowest BCUT2D eigenvalue weighted by molar-refractivity contribution is 0.624. The first-order chi connectivity index (χ1) is 8.74. The molecule has 0 radical (unpaired) electrons. The normalized spacial score (nSPS) is 10.8. The van der Waals surface area contributed by atoms with Crippen LogP contribution in [0.25, 0.3) is 22.2 Å². The summed E-state index contributed by atoms with van der Waals surface area (Å²) in [6.07, 6.45) is 0. The van der Waals surface area contributed by atoms with Crippen LogP contribution in [-0.2, 0) is 0 Å². The average molecular weight is 241 g/mol. The maximum atomic E-state index is 13.9. The third-order valence-electron chi connectivity index (χ3n) is 2.80. The minimum absolute atomic E-state index is 0.244. The van der Waals surface area contributed by atoms with Gasteiger partial charge in [0.1, 0.15) is 17.3 Å². The third-order valence-corrected chi connectivity index (χ3v) is 2.80. The lowest BCUT2D eigenvalue weighted by atomic mass is 10.1. The molecule has 0 N–H and O–H groups in total. The van der Waals surface area contributed by atoms with Gasteiger partial charge in [-0.05, 0) is 36.4 Å². The van der Waals surface area contributed by atoms with E-state index in [0.29, 0.717) is 5.56 Å². The summed E-state index contributed by atoms with van der Waals surface area (Å²) >= 11 is 0. The van der Waals surface area contributed by atoms with Crippen LogP contribution in [0.4, 0.5) is 8.78 Å². The Morgan fingerprint density at radius 1 is 0.833 bits per heavy atom. The van der Waals surface area contributed by atoms with Crippen LogP contribution < -0.4 is 0 Å². The van der Waals surface area contributed by atoms with Crippen molar-refractivity contribution in [3.8, 4) is 11.3 Å². The quantitative estimate of drug-likeness (QED) is 0.622. The number of pyridine rings is 1. The zero-order chi connectivity index (χ0) is 12.5. The Morgan fingerprint density at radius 2 is 1.56 bits per heavy atom. The number of benzene rings is 2. The second kappa shape index (κ2) is 4.18. The molecule has 1 nitrogen and oxygen atoms in total. The Labute approximate surface area is 103 Å². The summed E-state index contributed by atoms with van der Waals surface area (Å²) < 4.78 is 26.8. The average Bonchev–Trinajstić information content (AvgIpc) is 2.39. The summed E-state index contributed by atoms with van der Waals surface area (Å²) in [6.45, 7) is 0. The van der Waals surface area contributed by atoms with Crippen LogP contribution in [0.2, 0.25) is 0 Å². The zero-order valence-corrected chi connectivity index (χ0v) is 9.40. The van der Waals surface area contributed by atoms with Crippen molar-refractivity contribution in [1.29, 1.82) is 0 Å². The molecule has 3 rings (SSSR count). The summed E-state index contributed by atoms with van der Waals surface area (Å²) in [5.41, 5.74) is 1.53. The molecule has 0 aliphatic heterocycles. The Bertz CT molecular complexity index is 705. The van der Waals surface area contributed by atoms with Crippen molar-refractivity contribution in [3.63, 3.8) is 0 Å². The van der Waals surface area contributed by atoms with Gasteiger partial charge in [0.05, 0.1) is 5.52 Å². The number of hydrogen-bond acceptors (Lipinski definition) is 1. The van der Waals surface area contributed by atoms with Crippen LogP contribution in [0.5, 0.6) is 0 Å². The number of fused-ring (bicyclic) bond motifs is 1. The van der Waals surface area contributed by atoms with E-state index in [0.717, 1.165) is 10.9 Å². The van der Waals surface area contributed by atoms with Gasteiger partial charge >= 0.3 is 0 Å². The van der Waals surface area contributed by atoms with Crippen molar-refractivity contribution < 1.29 is 8.78 Å². The molecule has 88 valence electrons. The molecular weight excluding hydrogens is 232 g/mol. The van der Waals surface area contributed by atoms with Gasteiger partial charge in [0, 0.05) is 10.9 Å². The van der Waals surface area contributed by atoms with Gasteiger partial charge in [0.2, 0.25) is 0 Å². The van der Waals surface area contributed by atoms with E-state index in [2.05, 4.69) is 4.98 Å². The maximum Gasteiger partial charge on any atom is 0.150 e. The van der Waals surface area contributed by atoms with Crippen LogP contribution >= 0.6 is 0 Å². The van der Waals surface area contributed by atoms with Gasteiger partial charge in [-0.3, -0.25) is 0 Å². The van der Waals surface area contributed by atoms with Gasteiger partial charge in [-0.2, -0.15) is 0 Å². The van der Waals surface area contributed by atoms with E-state index in [-0.39, 0.29) is 11.5 Å². The number of nitrogens with zero attached hydrogens (tertiary/aromatic N) is 1. The number of hydrogen-bond donors (Lipinski definition) is 0. The van der Waals surface area contributed by atoms with Gasteiger partial charge in [0.25, 0.3) is 0 Å². The van der Waals surface area contributed by atoms with E-state index >= 15 is 0 Å². The van der Waals surface area contributed by atoms with E-state index in [4.69, 9.17) is 0 Å². The highest BCUT2D eigenvalue weighted by molar-refractivity contribution is 5.81. The standard InChI is InChI=1S/C15H9F2N/c16-12-7-5-10(6-8-12)15-13(17)9-11-3-1-2-4-14(11)18-15/h1-9H. The molecule has 0 saturated carbocycles. The SMILES string of the molecule is Fc1ccc(-c2nc3ccccc3cc2F)cc1. The Hall–Kier alpha value is -2.29. The van der Waals surface area contributed by atoms with E-state index < -0.39 is 5.82 Å². The summed E-state index contributed by atoms with van der Waals surface area (Å²) in [5.74, 6) is -0.750. The van der Waals surface area contributed by atoms with Crippen molar-refractivity contribution >= 4 is 10.9 Å². The van der Waals surface area contributed by atoms with Crippen LogP contribution in [0.15, 0.2) is 54.6 Å². The molecule has 0 unspecified atom stereocenters. The Morgan fingerprint density at radius 3 is 2.33 bits per heavy atom.